The summed E-state index contributed by atoms with van der Waals surface area (Å²) in [7, 11) is 0. The van der Waals surface area contributed by atoms with Crippen LogP contribution >= 0.6 is 23.4 Å². The number of amides is 1. The van der Waals surface area contributed by atoms with Gasteiger partial charge in [-0.1, -0.05) is 49.8 Å². The van der Waals surface area contributed by atoms with Crippen LogP contribution in [0.3, 0.4) is 0 Å². The third-order valence-corrected chi connectivity index (χ3v) is 10.5. The molecule has 2 aliphatic heterocycles. The Labute approximate surface area is 257 Å². The van der Waals surface area contributed by atoms with Gasteiger partial charge in [-0.15, -0.1) is 0 Å². The molecule has 4 aliphatic rings. The van der Waals surface area contributed by atoms with E-state index in [1.165, 1.54) is 16.7 Å². The average molecular weight is 608 g/mol. The number of likely N-dealkylation sites (tertiary alicyclic amines) is 1. The van der Waals surface area contributed by atoms with Crippen molar-refractivity contribution in [2.75, 3.05) is 19.3 Å². The number of carbonyl (C=O) groups excluding carboxylic acids is 1. The molecule has 0 radical (unpaired) electrons. The van der Waals surface area contributed by atoms with Crippen LogP contribution in [0.2, 0.25) is 5.15 Å². The van der Waals surface area contributed by atoms with Crippen LogP contribution in [0, 0.1) is 5.92 Å². The van der Waals surface area contributed by atoms with E-state index in [1.54, 1.807) is 0 Å². The monoisotopic (exact) mass is 607 g/mol. The smallest absolute Gasteiger partial charge is 0.240 e. The van der Waals surface area contributed by atoms with E-state index in [-0.39, 0.29) is 17.9 Å². The van der Waals surface area contributed by atoms with Crippen LogP contribution in [-0.4, -0.2) is 61.4 Å². The number of allylic oxidation sites excluding steroid dienone is 8. The van der Waals surface area contributed by atoms with Gasteiger partial charge >= 0.3 is 0 Å². The van der Waals surface area contributed by atoms with Crippen molar-refractivity contribution in [3.8, 4) is 0 Å². The zero-order chi connectivity index (χ0) is 29.4. The molecular weight excluding hydrogens is 566 g/mol. The molecule has 0 bridgehead atoms. The van der Waals surface area contributed by atoms with Gasteiger partial charge in [0.25, 0.3) is 0 Å². The predicted octanol–water partition coefficient (Wildman–Crippen LogP) is 6.11. The van der Waals surface area contributed by atoms with E-state index >= 15 is 0 Å². The van der Waals surface area contributed by atoms with Gasteiger partial charge in [-0.25, -0.2) is 9.97 Å². The van der Waals surface area contributed by atoms with Crippen LogP contribution in [-0.2, 0) is 4.79 Å². The lowest BCUT2D eigenvalue weighted by Gasteiger charge is -2.27. The quantitative estimate of drug-likeness (QED) is 0.288. The molecule has 2 aliphatic carbocycles. The van der Waals surface area contributed by atoms with Crippen LogP contribution in [0.4, 0.5) is 0 Å². The molecule has 0 saturated carbocycles. The Morgan fingerprint density at radius 2 is 1.74 bits per heavy atom. The number of nitrogens with zero attached hydrogens (tertiary/aromatic N) is 3. The van der Waals surface area contributed by atoms with Crippen molar-refractivity contribution in [2.24, 2.45) is 11.7 Å². The number of halogens is 1. The van der Waals surface area contributed by atoms with Gasteiger partial charge in [-0.05, 0) is 79.4 Å². The maximum atomic E-state index is 13.0. The SMILES string of the molecule is CSC1CNC(c2ncc(C3=CC=C(C4=CC=C(c5nc(C6CCCN6C(=O)C(N)C(C)C)[nH]c5Cl)CC4)CC3)[nH]2)C1. The lowest BCUT2D eigenvalue weighted by molar-refractivity contribution is -0.134. The largest absolute Gasteiger partial charge is 0.341 e. The molecule has 10 heteroatoms. The first-order chi connectivity index (χ1) is 20.3. The van der Waals surface area contributed by atoms with Gasteiger partial charge < -0.3 is 25.9 Å². The minimum absolute atomic E-state index is 0.00733. The summed E-state index contributed by atoms with van der Waals surface area (Å²) in [5.74, 6) is 1.90. The summed E-state index contributed by atoms with van der Waals surface area (Å²) in [5, 5.41) is 4.80. The van der Waals surface area contributed by atoms with Crippen LogP contribution < -0.4 is 11.1 Å². The Morgan fingerprint density at radius 1 is 1.05 bits per heavy atom. The summed E-state index contributed by atoms with van der Waals surface area (Å²) in [6, 6.07) is -0.286. The van der Waals surface area contributed by atoms with Gasteiger partial charge in [-0.2, -0.15) is 11.8 Å². The van der Waals surface area contributed by atoms with E-state index in [9.17, 15) is 4.79 Å². The van der Waals surface area contributed by atoms with E-state index in [4.69, 9.17) is 27.3 Å². The number of aromatic nitrogens is 4. The molecule has 2 fully saturated rings. The summed E-state index contributed by atoms with van der Waals surface area (Å²) in [6.45, 7) is 5.71. The van der Waals surface area contributed by atoms with Gasteiger partial charge in [0.2, 0.25) is 5.91 Å². The van der Waals surface area contributed by atoms with Gasteiger partial charge in [0, 0.05) is 18.3 Å². The molecule has 0 aromatic carbocycles. The summed E-state index contributed by atoms with van der Waals surface area (Å²) in [6.07, 6.45) is 19.9. The van der Waals surface area contributed by atoms with E-state index < -0.39 is 6.04 Å². The van der Waals surface area contributed by atoms with E-state index in [2.05, 4.69) is 45.8 Å². The molecule has 8 nitrogen and oxygen atoms in total. The first-order valence-corrected chi connectivity index (χ1v) is 16.9. The topological polar surface area (TPSA) is 116 Å². The van der Waals surface area contributed by atoms with Crippen molar-refractivity contribution in [1.82, 2.24) is 30.2 Å². The van der Waals surface area contributed by atoms with Crippen LogP contribution in [0.1, 0.15) is 93.9 Å². The molecule has 0 spiro atoms. The number of H-pyrrole nitrogens is 2. The fraction of sp³-hybridized carbons (Fsp3) is 0.531. The highest BCUT2D eigenvalue weighted by molar-refractivity contribution is 7.99. The molecule has 4 heterocycles. The number of rotatable bonds is 8. The number of thioether (sulfide) groups is 1. The van der Waals surface area contributed by atoms with Crippen molar-refractivity contribution in [3.05, 3.63) is 69.8 Å². The molecule has 4 atom stereocenters. The van der Waals surface area contributed by atoms with Crippen molar-refractivity contribution < 1.29 is 4.79 Å². The number of nitrogens with one attached hydrogen (secondary N) is 3. The van der Waals surface area contributed by atoms with Crippen LogP contribution in [0.5, 0.6) is 0 Å². The Kier molecular flexibility index (Phi) is 8.82. The lowest BCUT2D eigenvalue weighted by Crippen LogP contribution is -2.46. The normalized spacial score (nSPS) is 25.4. The number of carbonyl (C=O) groups is 1. The van der Waals surface area contributed by atoms with Crippen molar-refractivity contribution in [2.45, 2.75) is 82.2 Å². The Balaban J connectivity index is 1.13. The zero-order valence-electron chi connectivity index (χ0n) is 24.8. The highest BCUT2D eigenvalue weighted by Gasteiger charge is 2.36. The molecule has 6 rings (SSSR count). The van der Waals surface area contributed by atoms with Gasteiger partial charge in [0.05, 0.1) is 30.0 Å². The number of aromatic amines is 2. The van der Waals surface area contributed by atoms with E-state index in [0.29, 0.717) is 23.0 Å². The first-order valence-electron chi connectivity index (χ1n) is 15.3. The Bertz CT molecular complexity index is 1450. The third kappa shape index (κ3) is 5.94. The predicted molar refractivity (Wildman–Crippen MR) is 172 cm³/mol. The molecule has 1 amide bonds. The fourth-order valence-corrected chi connectivity index (χ4v) is 7.44. The molecular formula is C32H42ClN7OS. The maximum Gasteiger partial charge on any atom is 0.240 e. The molecule has 2 aromatic heterocycles. The van der Waals surface area contributed by atoms with E-state index in [0.717, 1.165) is 80.1 Å². The minimum atomic E-state index is -0.501. The second-order valence-corrected chi connectivity index (χ2v) is 13.8. The summed E-state index contributed by atoms with van der Waals surface area (Å²) in [5.41, 5.74) is 13.3. The van der Waals surface area contributed by atoms with Gasteiger partial charge in [0.1, 0.15) is 22.5 Å². The van der Waals surface area contributed by atoms with Crippen LogP contribution in [0.25, 0.3) is 11.1 Å². The number of imidazole rings is 2. The van der Waals surface area contributed by atoms with Crippen molar-refractivity contribution >= 4 is 40.4 Å². The summed E-state index contributed by atoms with van der Waals surface area (Å²) in [4.78, 5) is 31.4. The maximum absolute atomic E-state index is 13.0. The molecule has 2 saturated heterocycles. The molecule has 2 aromatic rings. The van der Waals surface area contributed by atoms with Gasteiger partial charge in [-0.3, -0.25) is 4.79 Å². The van der Waals surface area contributed by atoms with Crippen LogP contribution in [0.15, 0.2) is 41.6 Å². The molecule has 224 valence electrons. The third-order valence-electron chi connectivity index (χ3n) is 9.24. The zero-order valence-corrected chi connectivity index (χ0v) is 26.3. The fourth-order valence-electron chi connectivity index (χ4n) is 6.53. The molecule has 42 heavy (non-hydrogen) atoms. The minimum Gasteiger partial charge on any atom is -0.341 e. The Morgan fingerprint density at radius 3 is 2.38 bits per heavy atom. The molecule has 4 unspecified atom stereocenters. The lowest BCUT2D eigenvalue weighted by atomic mass is 9.86. The Hall–Kier alpha value is -2.59. The standard InChI is InChI=1S/C32H42ClN7OS/c1-18(2)27(34)32(41)40-14-4-5-26(40)31-38-28(29(33)39-31)22-12-8-20(9-13-22)19-6-10-21(11-7-19)25-17-36-30(37-25)24-15-23(42-3)16-35-24/h6,8,10,12,17-18,23-24,26-27,35H,4-5,7,9,11,13-16,34H2,1-3H3,(H,36,37)(H,38,39). The number of hydrogen-bond donors (Lipinski definition) is 4. The van der Waals surface area contributed by atoms with Crippen molar-refractivity contribution in [1.29, 1.82) is 0 Å². The van der Waals surface area contributed by atoms with Crippen molar-refractivity contribution in [3.63, 3.8) is 0 Å². The summed E-state index contributed by atoms with van der Waals surface area (Å²) >= 11 is 8.60. The van der Waals surface area contributed by atoms with Gasteiger partial charge in [0.15, 0.2) is 0 Å². The van der Waals surface area contributed by atoms with E-state index in [1.807, 2.05) is 36.7 Å². The first kappa shape index (κ1) is 29.5. The highest BCUT2D eigenvalue weighted by atomic mass is 35.5. The second-order valence-electron chi connectivity index (χ2n) is 12.2. The number of hydrogen-bond acceptors (Lipinski definition) is 6. The number of nitrogens with two attached hydrogens (primary N) is 1. The molecule has 5 N–H and O–H groups in total. The summed E-state index contributed by atoms with van der Waals surface area (Å²) < 4.78 is 0. The second kappa shape index (κ2) is 12.6. The highest BCUT2D eigenvalue weighted by Crippen LogP contribution is 2.39. The average Bonchev–Trinajstić information content (AvgIpc) is 3.82.